The van der Waals surface area contributed by atoms with Crippen LogP contribution in [0.15, 0.2) is 41.8 Å². The third-order valence-electron chi connectivity index (χ3n) is 2.03. The van der Waals surface area contributed by atoms with Gasteiger partial charge in [-0.3, -0.25) is 3.97 Å². The Bertz CT molecular complexity index is 516. The van der Waals surface area contributed by atoms with Crippen LogP contribution in [-0.2, 0) is 0 Å². The molecule has 0 N–H and O–H groups in total. The first-order chi connectivity index (χ1) is 6.95. The number of fused-ring (bicyclic) bond motifs is 1. The van der Waals surface area contributed by atoms with Gasteiger partial charge in [-0.2, -0.15) is 0 Å². The smallest absolute Gasteiger partial charge is 0.172 e. The second-order valence-corrected chi connectivity index (χ2v) is 4.67. The predicted molar refractivity (Wildman–Crippen MR) is 58.0 cm³/mol. The molecular weight excluding hydrogens is 196 g/mol. The summed E-state index contributed by atoms with van der Waals surface area (Å²) in [4.78, 5) is 12.4. The Morgan fingerprint density at radius 3 is 2.86 bits per heavy atom. The largest absolute Gasteiger partial charge is 0.270 e. The van der Waals surface area contributed by atoms with Gasteiger partial charge in [-0.25, -0.2) is 15.0 Å². The summed E-state index contributed by atoms with van der Waals surface area (Å²) < 4.78 is 2.09. The minimum atomic E-state index is -0.400. The molecule has 2 aromatic heterocycles. The number of rotatable bonds is 1. The monoisotopic (exact) mass is 204 g/mol. The van der Waals surface area contributed by atoms with E-state index in [0.29, 0.717) is 0 Å². The summed E-state index contributed by atoms with van der Waals surface area (Å²) in [5.74, 6) is 0. The van der Waals surface area contributed by atoms with Crippen molar-refractivity contribution in [2.24, 2.45) is 0 Å². The zero-order chi connectivity index (χ0) is 9.38. The second kappa shape index (κ2) is 2.95. The van der Waals surface area contributed by atoms with Crippen molar-refractivity contribution < 1.29 is 0 Å². The van der Waals surface area contributed by atoms with Gasteiger partial charge in [0.15, 0.2) is 5.65 Å². The van der Waals surface area contributed by atoms with Gasteiger partial charge >= 0.3 is 0 Å². The zero-order valence-corrected chi connectivity index (χ0v) is 8.17. The predicted octanol–water partition coefficient (Wildman–Crippen LogP) is 1.63. The maximum absolute atomic E-state index is 4.25. The summed E-state index contributed by atoms with van der Waals surface area (Å²) in [6.07, 6.45) is 9.22. The first kappa shape index (κ1) is 7.75. The van der Waals surface area contributed by atoms with Crippen LogP contribution in [0.2, 0.25) is 0 Å². The SMILES string of the molecule is C1=C[SH](n2cnc3cncnc32)C=C1. The van der Waals surface area contributed by atoms with Gasteiger partial charge in [0.05, 0.1) is 6.20 Å². The van der Waals surface area contributed by atoms with E-state index in [-0.39, 0.29) is 0 Å². The summed E-state index contributed by atoms with van der Waals surface area (Å²) in [5.41, 5.74) is 1.76. The fourth-order valence-corrected chi connectivity index (χ4v) is 2.87. The van der Waals surface area contributed by atoms with Crippen LogP contribution in [0.1, 0.15) is 0 Å². The van der Waals surface area contributed by atoms with Crippen LogP contribution in [0.3, 0.4) is 0 Å². The Labute approximate surface area is 83.5 Å². The third kappa shape index (κ3) is 1.06. The van der Waals surface area contributed by atoms with E-state index in [4.69, 9.17) is 0 Å². The van der Waals surface area contributed by atoms with Gasteiger partial charge in [0, 0.05) is 0 Å². The van der Waals surface area contributed by atoms with Crippen molar-refractivity contribution in [3.63, 3.8) is 0 Å². The molecule has 0 aliphatic carbocycles. The lowest BCUT2D eigenvalue weighted by Crippen LogP contribution is -1.90. The minimum absolute atomic E-state index is 0.400. The molecule has 1 aliphatic heterocycles. The van der Waals surface area contributed by atoms with E-state index in [9.17, 15) is 0 Å². The van der Waals surface area contributed by atoms with Crippen LogP contribution < -0.4 is 0 Å². The first-order valence-electron chi connectivity index (χ1n) is 4.22. The maximum atomic E-state index is 4.25. The summed E-state index contributed by atoms with van der Waals surface area (Å²) in [6, 6.07) is 0. The van der Waals surface area contributed by atoms with Crippen molar-refractivity contribution >= 4 is 22.2 Å². The fraction of sp³-hybridized carbons (Fsp3) is 0. The third-order valence-corrected chi connectivity index (χ3v) is 3.78. The number of allylic oxidation sites excluding steroid dienone is 2. The average Bonchev–Trinajstić information content (AvgIpc) is 2.85. The van der Waals surface area contributed by atoms with Gasteiger partial charge in [-0.05, 0) is 10.8 Å². The number of hydrogen-bond acceptors (Lipinski definition) is 3. The van der Waals surface area contributed by atoms with Crippen molar-refractivity contribution in [2.75, 3.05) is 0 Å². The summed E-state index contributed by atoms with van der Waals surface area (Å²) in [6.45, 7) is 0. The molecule has 14 heavy (non-hydrogen) atoms. The molecule has 0 aromatic carbocycles. The van der Waals surface area contributed by atoms with Crippen molar-refractivity contribution in [1.82, 2.24) is 18.9 Å². The summed E-state index contributed by atoms with van der Waals surface area (Å²) in [7, 11) is 0. The Kier molecular flexibility index (Phi) is 1.63. The van der Waals surface area contributed by atoms with Gasteiger partial charge in [0.25, 0.3) is 0 Å². The van der Waals surface area contributed by atoms with E-state index >= 15 is 0 Å². The molecule has 0 amide bonds. The minimum Gasteiger partial charge on any atom is -0.270 e. The highest BCUT2D eigenvalue weighted by Gasteiger charge is 2.07. The molecule has 0 radical (unpaired) electrons. The van der Waals surface area contributed by atoms with Crippen molar-refractivity contribution in [2.45, 2.75) is 0 Å². The lowest BCUT2D eigenvalue weighted by molar-refractivity contribution is 1.18. The molecule has 5 heteroatoms. The van der Waals surface area contributed by atoms with E-state index in [2.05, 4.69) is 41.9 Å². The molecule has 70 valence electrons. The van der Waals surface area contributed by atoms with E-state index in [1.165, 1.54) is 0 Å². The van der Waals surface area contributed by atoms with Crippen molar-refractivity contribution in [3.05, 3.63) is 41.8 Å². The van der Waals surface area contributed by atoms with E-state index in [1.54, 1.807) is 12.5 Å². The van der Waals surface area contributed by atoms with Crippen LogP contribution >= 0.6 is 11.1 Å². The normalized spacial score (nSPS) is 17.0. The molecule has 3 heterocycles. The molecule has 0 unspecified atom stereocenters. The van der Waals surface area contributed by atoms with Crippen LogP contribution in [-0.4, -0.2) is 18.9 Å². The molecule has 0 saturated heterocycles. The molecule has 0 spiro atoms. The molecule has 1 aliphatic rings. The van der Waals surface area contributed by atoms with Crippen molar-refractivity contribution in [3.8, 4) is 0 Å². The molecule has 0 saturated carbocycles. The maximum Gasteiger partial charge on any atom is 0.172 e. The Morgan fingerprint density at radius 2 is 2.00 bits per heavy atom. The second-order valence-electron chi connectivity index (χ2n) is 2.88. The summed E-state index contributed by atoms with van der Waals surface area (Å²) >= 11 is -0.400. The number of aromatic nitrogens is 4. The van der Waals surface area contributed by atoms with Gasteiger partial charge in [-0.1, -0.05) is 12.2 Å². The molecule has 0 atom stereocenters. The van der Waals surface area contributed by atoms with E-state index in [1.807, 2.05) is 6.33 Å². The number of nitrogens with zero attached hydrogens (tertiary/aromatic N) is 4. The number of hydrogen-bond donors (Lipinski definition) is 1. The van der Waals surface area contributed by atoms with Crippen LogP contribution in [0.5, 0.6) is 0 Å². The van der Waals surface area contributed by atoms with Gasteiger partial charge < -0.3 is 0 Å². The Balaban J connectivity index is 2.21. The topological polar surface area (TPSA) is 43.6 Å². The quantitative estimate of drug-likeness (QED) is 0.718. The number of thiol groups is 1. The molecule has 0 bridgehead atoms. The first-order valence-corrected chi connectivity index (χ1v) is 5.65. The van der Waals surface area contributed by atoms with Gasteiger partial charge in [-0.15, -0.1) is 11.1 Å². The van der Waals surface area contributed by atoms with Crippen LogP contribution in [0.4, 0.5) is 0 Å². The standard InChI is InChI=1S/C9H8N4S/c1-2-4-14(3-1)13-7-12-8-5-10-6-11-9(8)13/h1-7,14H. The zero-order valence-electron chi connectivity index (χ0n) is 7.28. The fourth-order valence-electron chi connectivity index (χ4n) is 1.39. The van der Waals surface area contributed by atoms with E-state index < -0.39 is 11.1 Å². The molecular formula is C9H8N4S. The van der Waals surface area contributed by atoms with Crippen molar-refractivity contribution in [1.29, 1.82) is 0 Å². The molecule has 4 nitrogen and oxygen atoms in total. The van der Waals surface area contributed by atoms with Gasteiger partial charge in [0.1, 0.15) is 18.2 Å². The molecule has 3 rings (SSSR count). The Hall–Kier alpha value is -1.62. The lowest BCUT2D eigenvalue weighted by Gasteiger charge is -2.11. The Morgan fingerprint density at radius 1 is 1.14 bits per heavy atom. The summed E-state index contributed by atoms with van der Waals surface area (Å²) in [5, 5.41) is 4.33. The highest BCUT2D eigenvalue weighted by Crippen LogP contribution is 2.36. The molecule has 2 aromatic rings. The van der Waals surface area contributed by atoms with Gasteiger partial charge in [0.2, 0.25) is 0 Å². The highest BCUT2D eigenvalue weighted by molar-refractivity contribution is 8.21. The number of imidazole rings is 1. The van der Waals surface area contributed by atoms with E-state index in [0.717, 1.165) is 11.2 Å². The van der Waals surface area contributed by atoms with Crippen LogP contribution in [0.25, 0.3) is 11.2 Å². The highest BCUT2D eigenvalue weighted by atomic mass is 32.2. The molecule has 0 fully saturated rings. The lowest BCUT2D eigenvalue weighted by atomic mass is 10.6. The van der Waals surface area contributed by atoms with Crippen LogP contribution in [0, 0.1) is 0 Å². The average molecular weight is 204 g/mol.